The van der Waals surface area contributed by atoms with Crippen LogP contribution in [0, 0.1) is 5.41 Å². The third-order valence-corrected chi connectivity index (χ3v) is 11.0. The molecule has 0 aromatic carbocycles. The fraction of sp³-hybridized carbons (Fsp3) is 0.640. The summed E-state index contributed by atoms with van der Waals surface area (Å²) in [4.78, 5) is 106. The third-order valence-electron chi connectivity index (χ3n) is 7.13. The number of carbonyl (C=O) groups is 4. The number of aromatic nitrogens is 4. The van der Waals surface area contributed by atoms with Gasteiger partial charge in [0.15, 0.2) is 22.8 Å². The maximum atomic E-state index is 12.5. The van der Waals surface area contributed by atoms with E-state index in [9.17, 15) is 62.7 Å². The van der Waals surface area contributed by atoms with Crippen LogP contribution in [0.3, 0.4) is 0 Å². The number of nitrogens with one attached hydrogen (secondary N) is 2. The molecule has 1 fully saturated rings. The highest BCUT2D eigenvalue weighted by Crippen LogP contribution is 2.56. The van der Waals surface area contributed by atoms with E-state index in [0.717, 1.165) is 29.0 Å². The van der Waals surface area contributed by atoms with Gasteiger partial charge in [0.05, 0.1) is 33.8 Å². The van der Waals surface area contributed by atoms with Crippen molar-refractivity contribution in [2.24, 2.45) is 5.41 Å². The number of carbonyl (C=O) groups excluding carboxylic acids is 4. The number of Topliss-reactive ketones (excluding diaryl/α,β-unsaturated/α-hetero) is 1. The SMILES string of the molecule is CC(=O)CC(=O)SCCNC(=O)CCNC(=O)[C@H](O)C(C)(C)COP(=O)([O-])OP(=O)([O-])OC[C@H]1O[C@@H](n2cnc3c(N)ncnc32)[C@H](O)[C@@H]1OP(=O)([O-])[O-]. The molecule has 2 aromatic rings. The Hall–Kier alpha value is -2.77. The van der Waals surface area contributed by atoms with E-state index < -0.39 is 84.6 Å². The van der Waals surface area contributed by atoms with Gasteiger partial charge < -0.3 is 69.0 Å². The molecule has 2 amide bonds. The first-order valence-corrected chi connectivity index (χ1v) is 20.7. The molecule has 304 valence electrons. The summed E-state index contributed by atoms with van der Waals surface area (Å²) < 4.78 is 60.3. The van der Waals surface area contributed by atoms with Gasteiger partial charge in [0.2, 0.25) is 11.8 Å². The number of nitrogens with two attached hydrogens (primary N) is 1. The molecule has 0 bridgehead atoms. The molecule has 0 radical (unpaired) electrons. The largest absolute Gasteiger partial charge is 0.790 e. The van der Waals surface area contributed by atoms with Crippen molar-refractivity contribution in [1.29, 1.82) is 0 Å². The Morgan fingerprint density at radius 1 is 1.07 bits per heavy atom. The number of phosphoric ester groups is 3. The van der Waals surface area contributed by atoms with Crippen molar-refractivity contribution in [2.45, 2.75) is 64.3 Å². The molecular formula is C25H36N7O18P3S-4. The van der Waals surface area contributed by atoms with Crippen LogP contribution in [0.15, 0.2) is 12.7 Å². The van der Waals surface area contributed by atoms with Crippen molar-refractivity contribution < 1.29 is 85.3 Å². The van der Waals surface area contributed by atoms with Gasteiger partial charge in [-0.2, -0.15) is 0 Å². The number of hydrogen-bond donors (Lipinski definition) is 5. The molecular weight excluding hydrogens is 811 g/mol. The molecule has 1 aliphatic heterocycles. The maximum absolute atomic E-state index is 12.5. The predicted molar refractivity (Wildman–Crippen MR) is 174 cm³/mol. The average molecular weight is 848 g/mol. The molecule has 25 nitrogen and oxygen atoms in total. The first-order valence-electron chi connectivity index (χ1n) is 15.4. The van der Waals surface area contributed by atoms with E-state index in [1.54, 1.807) is 0 Å². The van der Waals surface area contributed by atoms with Gasteiger partial charge in [-0.05, 0) is 6.92 Å². The van der Waals surface area contributed by atoms with Gasteiger partial charge in [0.25, 0.3) is 15.6 Å². The first-order chi connectivity index (χ1) is 24.9. The minimum atomic E-state index is -5.92. The van der Waals surface area contributed by atoms with Crippen molar-refractivity contribution >= 4 is 74.9 Å². The van der Waals surface area contributed by atoms with Crippen LogP contribution in [-0.4, -0.2) is 109 Å². The molecule has 1 saturated heterocycles. The second kappa shape index (κ2) is 18.9. The number of ether oxygens (including phenoxy) is 1. The average Bonchev–Trinajstić information content (AvgIpc) is 3.60. The van der Waals surface area contributed by atoms with Crippen molar-refractivity contribution in [1.82, 2.24) is 30.2 Å². The van der Waals surface area contributed by atoms with E-state index in [0.29, 0.717) is 0 Å². The fourth-order valence-corrected chi connectivity index (χ4v) is 8.00. The number of hydrogen-bond acceptors (Lipinski definition) is 23. The standard InChI is InChI=1S/C25H40N7O18P3S/c1-13(33)8-16(35)54-7-6-27-15(34)4-5-28-23(38)20(37)25(2,3)10-47-53(44,45)50-52(42,43)46-9-14-19(49-51(39,40)41)18(36)24(48-14)32-12-31-17-21(26)29-11-30-22(17)32/h11-12,14,18-20,24,36-37H,4-10H2,1-3H3,(H,27,34)(H,28,38)(H,42,43)(H,44,45)(H2,26,29,30)(H2,39,40,41)/p-4/t14-,18-,19-,20+,24-/m1/s1. The number of ketones is 1. The molecule has 2 unspecified atom stereocenters. The van der Waals surface area contributed by atoms with E-state index in [-0.39, 0.29) is 59.6 Å². The molecule has 1 aliphatic rings. The van der Waals surface area contributed by atoms with E-state index >= 15 is 0 Å². The highest BCUT2D eigenvalue weighted by molar-refractivity contribution is 8.13. The van der Waals surface area contributed by atoms with E-state index in [1.807, 2.05) is 0 Å². The van der Waals surface area contributed by atoms with Gasteiger partial charge in [-0.1, -0.05) is 25.6 Å². The van der Waals surface area contributed by atoms with Crippen LogP contribution in [0.1, 0.15) is 39.8 Å². The second-order valence-corrected chi connectivity index (χ2v) is 17.3. The van der Waals surface area contributed by atoms with Gasteiger partial charge in [-0.3, -0.25) is 32.9 Å². The zero-order valence-corrected chi connectivity index (χ0v) is 32.0. The maximum Gasteiger partial charge on any atom is 0.274 e. The number of nitrogens with zero attached hydrogens (tertiary/aromatic N) is 4. The van der Waals surface area contributed by atoms with Crippen LogP contribution < -0.4 is 35.9 Å². The first kappa shape index (κ1) is 45.6. The summed E-state index contributed by atoms with van der Waals surface area (Å²) in [7, 11) is -17.6. The minimum absolute atomic E-state index is 0.0279. The van der Waals surface area contributed by atoms with Crippen molar-refractivity contribution in [3.63, 3.8) is 0 Å². The number of aliphatic hydroxyl groups is 2. The Morgan fingerprint density at radius 2 is 1.74 bits per heavy atom. The summed E-state index contributed by atoms with van der Waals surface area (Å²) in [6.45, 7) is 1.17. The molecule has 2 aromatic heterocycles. The number of aliphatic hydroxyl groups excluding tert-OH is 2. The highest BCUT2D eigenvalue weighted by Gasteiger charge is 2.47. The van der Waals surface area contributed by atoms with Gasteiger partial charge in [0, 0.05) is 30.7 Å². The predicted octanol–water partition coefficient (Wildman–Crippen LogP) is -3.88. The van der Waals surface area contributed by atoms with Crippen LogP contribution in [-0.2, 0) is 55.5 Å². The van der Waals surface area contributed by atoms with Crippen LogP contribution in [0.2, 0.25) is 0 Å². The Labute approximate surface area is 310 Å². The Balaban J connectivity index is 1.51. The summed E-state index contributed by atoms with van der Waals surface area (Å²) in [5.74, 6) is -1.72. The number of nitrogen functional groups attached to an aromatic ring is 1. The molecule has 6 N–H and O–H groups in total. The molecule has 3 heterocycles. The van der Waals surface area contributed by atoms with Gasteiger partial charge >= 0.3 is 0 Å². The quantitative estimate of drug-likeness (QED) is 0.0455. The summed E-state index contributed by atoms with van der Waals surface area (Å²) in [6, 6.07) is 0. The van der Waals surface area contributed by atoms with Crippen LogP contribution in [0.4, 0.5) is 5.82 Å². The summed E-state index contributed by atoms with van der Waals surface area (Å²) in [5, 5.41) is 25.6. The molecule has 3 rings (SSSR count). The molecule has 0 saturated carbocycles. The smallest absolute Gasteiger partial charge is 0.274 e. The summed E-state index contributed by atoms with van der Waals surface area (Å²) in [5.41, 5.74) is 4.03. The van der Waals surface area contributed by atoms with E-state index in [4.69, 9.17) is 10.5 Å². The minimum Gasteiger partial charge on any atom is -0.790 e. The third kappa shape index (κ3) is 13.8. The van der Waals surface area contributed by atoms with Gasteiger partial charge in [0.1, 0.15) is 42.0 Å². The zero-order chi connectivity index (χ0) is 40.6. The lowest BCUT2D eigenvalue weighted by Gasteiger charge is -2.36. The number of anilines is 1. The summed E-state index contributed by atoms with van der Waals surface area (Å²) >= 11 is 0.866. The fourth-order valence-electron chi connectivity index (χ4n) is 4.53. The number of rotatable bonds is 21. The Bertz CT molecular complexity index is 1830. The monoisotopic (exact) mass is 847 g/mol. The Morgan fingerprint density at radius 3 is 2.39 bits per heavy atom. The van der Waals surface area contributed by atoms with Crippen LogP contribution in [0.25, 0.3) is 11.2 Å². The van der Waals surface area contributed by atoms with Crippen LogP contribution in [0.5, 0.6) is 0 Å². The topological polar surface area (TPSA) is 392 Å². The summed E-state index contributed by atoms with van der Waals surface area (Å²) in [6.07, 6.45) is -7.92. The number of phosphoric acid groups is 3. The molecule has 0 aliphatic carbocycles. The zero-order valence-electron chi connectivity index (χ0n) is 28.5. The van der Waals surface area contributed by atoms with Gasteiger partial charge in [-0.15, -0.1) is 0 Å². The second-order valence-electron chi connectivity index (χ2n) is 12.1. The van der Waals surface area contributed by atoms with Crippen molar-refractivity contribution in [3.8, 4) is 0 Å². The normalized spacial score (nSPS) is 21.9. The van der Waals surface area contributed by atoms with E-state index in [1.165, 1.54) is 20.8 Å². The lowest BCUT2D eigenvalue weighted by molar-refractivity contribution is -0.347. The van der Waals surface area contributed by atoms with Crippen molar-refractivity contribution in [2.75, 3.05) is 37.8 Å². The lowest BCUT2D eigenvalue weighted by Crippen LogP contribution is -2.46. The number of fused-ring (bicyclic) bond motifs is 1. The molecule has 29 heteroatoms. The molecule has 0 spiro atoms. The van der Waals surface area contributed by atoms with Crippen molar-refractivity contribution in [3.05, 3.63) is 12.7 Å². The number of imidazole rings is 1. The lowest BCUT2D eigenvalue weighted by atomic mass is 9.87. The van der Waals surface area contributed by atoms with E-state index in [2.05, 4.69) is 43.5 Å². The number of amides is 2. The highest BCUT2D eigenvalue weighted by atomic mass is 32.2. The molecule has 54 heavy (non-hydrogen) atoms. The van der Waals surface area contributed by atoms with Crippen LogP contribution >= 0.6 is 35.2 Å². The molecule has 7 atom stereocenters. The van der Waals surface area contributed by atoms with Gasteiger partial charge in [-0.25, -0.2) is 19.3 Å². The Kier molecular flexibility index (Phi) is 16.0. The number of thioether (sulfide) groups is 1.